The molecule has 0 aromatic carbocycles. The Kier molecular flexibility index (Phi) is 2.15. The summed E-state index contributed by atoms with van der Waals surface area (Å²) in [6.45, 7) is 0. The van der Waals surface area contributed by atoms with E-state index < -0.39 is 16.8 Å². The van der Waals surface area contributed by atoms with Gasteiger partial charge in [0, 0.05) is 0 Å². The van der Waals surface area contributed by atoms with E-state index in [9.17, 15) is 4.79 Å². The van der Waals surface area contributed by atoms with Crippen LogP contribution in [0.15, 0.2) is 10.9 Å². The maximum absolute atomic E-state index is 9.79. The van der Waals surface area contributed by atoms with Crippen LogP contribution in [0.1, 0.15) is 0 Å². The third-order valence-corrected chi connectivity index (χ3v) is 0.691. The lowest BCUT2D eigenvalue weighted by Crippen LogP contribution is -2.14. The summed E-state index contributed by atoms with van der Waals surface area (Å²) < 4.78 is 0. The molecular weight excluding hydrogens is 131 g/mol. The van der Waals surface area contributed by atoms with Crippen LogP contribution in [0.25, 0.3) is 0 Å². The van der Waals surface area contributed by atoms with Gasteiger partial charge in [0.05, 0.1) is 0 Å². The lowest BCUT2D eigenvalue weighted by molar-refractivity contribution is -0.132. The van der Waals surface area contributed by atoms with Gasteiger partial charge in [-0.05, 0) is 0 Å². The zero-order valence-corrected chi connectivity index (χ0v) is 4.64. The molecule has 5 N–H and O–H groups in total. The van der Waals surface area contributed by atoms with Crippen molar-refractivity contribution < 1.29 is 9.90 Å². The highest BCUT2D eigenvalue weighted by molar-refractivity contribution is 6.30. The van der Waals surface area contributed by atoms with Crippen LogP contribution < -0.4 is 11.5 Å². The normalized spacial score (nSPS) is 12.6. The Balaban J connectivity index is 4.23. The second-order valence-electron chi connectivity index (χ2n) is 1.07. The second kappa shape index (κ2) is 2.42. The summed E-state index contributed by atoms with van der Waals surface area (Å²) in [6.07, 6.45) is 0. The molecule has 0 unspecified atom stereocenters. The van der Waals surface area contributed by atoms with Crippen molar-refractivity contribution in [2.24, 2.45) is 11.5 Å². The Morgan fingerprint density at radius 2 is 1.88 bits per heavy atom. The van der Waals surface area contributed by atoms with Crippen LogP contribution in [0.3, 0.4) is 0 Å². The van der Waals surface area contributed by atoms with Crippen molar-refractivity contribution in [1.82, 2.24) is 0 Å². The van der Waals surface area contributed by atoms with Crippen LogP contribution in [0.5, 0.6) is 0 Å². The van der Waals surface area contributed by atoms with Gasteiger partial charge in [0.15, 0.2) is 5.70 Å². The molecule has 5 heteroatoms. The van der Waals surface area contributed by atoms with Crippen LogP contribution in [-0.4, -0.2) is 11.1 Å². The number of hydrogen-bond donors (Lipinski definition) is 3. The fourth-order valence-corrected chi connectivity index (χ4v) is 0.183. The summed E-state index contributed by atoms with van der Waals surface area (Å²) in [4.78, 5) is 9.79. The highest BCUT2D eigenvalue weighted by atomic mass is 35.5. The molecule has 0 radical (unpaired) electrons. The number of rotatable bonds is 1. The lowest BCUT2D eigenvalue weighted by atomic mass is 10.5. The van der Waals surface area contributed by atoms with E-state index in [1.165, 1.54) is 0 Å². The predicted molar refractivity (Wildman–Crippen MR) is 28.9 cm³/mol. The average Bonchev–Trinajstić information content (AvgIpc) is 1.64. The molecule has 0 saturated heterocycles. The third-order valence-electron chi connectivity index (χ3n) is 0.488. The van der Waals surface area contributed by atoms with E-state index in [0.29, 0.717) is 0 Å². The van der Waals surface area contributed by atoms with Crippen molar-refractivity contribution in [3.05, 3.63) is 10.9 Å². The first kappa shape index (κ1) is 7.10. The van der Waals surface area contributed by atoms with Crippen molar-refractivity contribution in [2.75, 3.05) is 0 Å². The maximum atomic E-state index is 9.79. The van der Waals surface area contributed by atoms with Gasteiger partial charge in [0.1, 0.15) is 5.16 Å². The van der Waals surface area contributed by atoms with Crippen LogP contribution in [0.2, 0.25) is 0 Å². The van der Waals surface area contributed by atoms with E-state index in [0.717, 1.165) is 0 Å². The molecule has 0 amide bonds. The Morgan fingerprint density at radius 1 is 1.50 bits per heavy atom. The van der Waals surface area contributed by atoms with Gasteiger partial charge >= 0.3 is 5.97 Å². The Bertz CT molecular complexity index is 138. The minimum atomic E-state index is -1.31. The van der Waals surface area contributed by atoms with Crippen molar-refractivity contribution >= 4 is 17.6 Å². The standard InChI is InChI=1S/C3H5ClN2O2/c4-2(6)1(5)3(7)8/h5-6H2,(H,7,8)/b2-1-. The zero-order chi connectivity index (χ0) is 6.73. The third kappa shape index (κ3) is 1.70. The van der Waals surface area contributed by atoms with E-state index in [1.807, 2.05) is 0 Å². The van der Waals surface area contributed by atoms with E-state index >= 15 is 0 Å². The number of hydrogen-bond acceptors (Lipinski definition) is 3. The van der Waals surface area contributed by atoms with Gasteiger partial charge in [-0.1, -0.05) is 11.6 Å². The number of carboxylic acid groups (broad SMARTS) is 1. The van der Waals surface area contributed by atoms with E-state index in [4.69, 9.17) is 28.2 Å². The molecule has 0 bridgehead atoms. The van der Waals surface area contributed by atoms with Crippen molar-refractivity contribution in [3.8, 4) is 0 Å². The molecule has 0 fully saturated rings. The minimum absolute atomic E-state index is 0.391. The van der Waals surface area contributed by atoms with Gasteiger partial charge in [-0.15, -0.1) is 0 Å². The molecule has 0 atom stereocenters. The number of nitrogens with two attached hydrogens (primary N) is 2. The number of carbonyl (C=O) groups is 1. The minimum Gasteiger partial charge on any atom is -0.476 e. The average molecular weight is 137 g/mol. The SMILES string of the molecule is N/C(Cl)=C(\N)C(=O)O. The van der Waals surface area contributed by atoms with Crippen molar-refractivity contribution in [1.29, 1.82) is 0 Å². The predicted octanol–water partition coefficient (Wildman–Crippen LogP) is -0.604. The van der Waals surface area contributed by atoms with Gasteiger partial charge in [0.25, 0.3) is 0 Å². The van der Waals surface area contributed by atoms with E-state index in [1.54, 1.807) is 0 Å². The van der Waals surface area contributed by atoms with Crippen LogP contribution in [-0.2, 0) is 4.79 Å². The van der Waals surface area contributed by atoms with Crippen molar-refractivity contribution in [3.63, 3.8) is 0 Å². The van der Waals surface area contributed by atoms with Gasteiger partial charge in [0.2, 0.25) is 0 Å². The molecule has 0 aromatic heterocycles. The molecular formula is C3H5ClN2O2. The quantitative estimate of drug-likeness (QED) is 0.332. The first-order valence-corrected chi connectivity index (χ1v) is 2.07. The smallest absolute Gasteiger partial charge is 0.354 e. The Hall–Kier alpha value is -0.900. The highest BCUT2D eigenvalue weighted by Crippen LogP contribution is 1.94. The first-order valence-electron chi connectivity index (χ1n) is 1.69. The molecule has 0 aliphatic rings. The van der Waals surface area contributed by atoms with Crippen molar-refractivity contribution in [2.45, 2.75) is 0 Å². The Labute approximate surface area is 50.7 Å². The maximum Gasteiger partial charge on any atom is 0.354 e. The van der Waals surface area contributed by atoms with E-state index in [2.05, 4.69) is 0 Å². The summed E-state index contributed by atoms with van der Waals surface area (Å²) in [5.41, 5.74) is 9.04. The fraction of sp³-hybridized carbons (Fsp3) is 0. The van der Waals surface area contributed by atoms with Gasteiger partial charge in [-0.2, -0.15) is 0 Å². The fourth-order valence-electron chi connectivity index (χ4n) is 0.102. The molecule has 46 valence electrons. The monoisotopic (exact) mass is 136 g/mol. The molecule has 0 rings (SSSR count). The van der Waals surface area contributed by atoms with Gasteiger partial charge in [-0.25, -0.2) is 4.79 Å². The topological polar surface area (TPSA) is 89.3 Å². The number of halogens is 1. The largest absolute Gasteiger partial charge is 0.476 e. The lowest BCUT2D eigenvalue weighted by Gasteiger charge is -1.90. The second-order valence-corrected chi connectivity index (χ2v) is 1.47. The molecule has 0 spiro atoms. The van der Waals surface area contributed by atoms with Crippen LogP contribution in [0.4, 0.5) is 0 Å². The number of carboxylic acids is 1. The summed E-state index contributed by atoms with van der Waals surface area (Å²) in [5, 5.41) is 7.61. The summed E-state index contributed by atoms with van der Waals surface area (Å²) in [7, 11) is 0. The Morgan fingerprint density at radius 3 is 1.88 bits per heavy atom. The summed E-state index contributed by atoms with van der Waals surface area (Å²) >= 11 is 4.97. The van der Waals surface area contributed by atoms with Gasteiger partial charge < -0.3 is 16.6 Å². The molecule has 0 aliphatic carbocycles. The molecule has 0 saturated carbocycles. The van der Waals surface area contributed by atoms with E-state index in [-0.39, 0.29) is 0 Å². The molecule has 0 aliphatic heterocycles. The van der Waals surface area contributed by atoms with Gasteiger partial charge in [-0.3, -0.25) is 0 Å². The zero-order valence-electron chi connectivity index (χ0n) is 3.89. The molecule has 0 heterocycles. The summed E-state index contributed by atoms with van der Waals surface area (Å²) in [6, 6.07) is 0. The summed E-state index contributed by atoms with van der Waals surface area (Å²) in [5.74, 6) is -1.31. The highest BCUT2D eigenvalue weighted by Gasteiger charge is 2.03. The number of aliphatic carboxylic acids is 1. The molecule has 4 nitrogen and oxygen atoms in total. The van der Waals surface area contributed by atoms with Crippen LogP contribution in [0, 0.1) is 0 Å². The first-order chi connectivity index (χ1) is 3.55. The molecule has 0 aromatic rings. The van der Waals surface area contributed by atoms with Crippen LogP contribution >= 0.6 is 11.6 Å². The molecule has 8 heavy (non-hydrogen) atoms.